The number of anilines is 1. The van der Waals surface area contributed by atoms with Crippen LogP contribution in [0.15, 0.2) is 34.2 Å². The molecule has 2 heterocycles. The molecule has 3 aromatic rings. The normalized spacial score (nSPS) is 11.0. The third-order valence-corrected chi connectivity index (χ3v) is 5.82. The molecule has 7 heteroatoms. The van der Waals surface area contributed by atoms with Crippen LogP contribution in [0.1, 0.15) is 16.0 Å². The number of rotatable bonds is 4. The second-order valence-electron chi connectivity index (χ2n) is 5.99. The van der Waals surface area contributed by atoms with Gasteiger partial charge in [0, 0.05) is 17.6 Å². The molecule has 0 saturated carbocycles. The van der Waals surface area contributed by atoms with Crippen LogP contribution >= 0.6 is 23.1 Å². The number of aryl methyl sites for hydroxylation is 3. The van der Waals surface area contributed by atoms with Gasteiger partial charge in [0.15, 0.2) is 5.16 Å². The highest BCUT2D eigenvalue weighted by Crippen LogP contribution is 2.24. The molecule has 0 aliphatic heterocycles. The number of benzene rings is 1. The summed E-state index contributed by atoms with van der Waals surface area (Å²) < 4.78 is 1.50. The summed E-state index contributed by atoms with van der Waals surface area (Å²) in [7, 11) is 1.69. The maximum absolute atomic E-state index is 12.4. The number of hydrogen-bond donors (Lipinski definition) is 1. The summed E-state index contributed by atoms with van der Waals surface area (Å²) in [4.78, 5) is 30.9. The molecule has 130 valence electrons. The fourth-order valence-electron chi connectivity index (χ4n) is 2.57. The van der Waals surface area contributed by atoms with Crippen molar-refractivity contribution in [2.75, 3.05) is 11.1 Å². The summed E-state index contributed by atoms with van der Waals surface area (Å²) in [6.45, 7) is 5.94. The molecule has 0 atom stereocenters. The Morgan fingerprint density at radius 3 is 2.76 bits per heavy atom. The number of thioether (sulfide) groups is 1. The molecule has 1 aromatic carbocycles. The zero-order valence-corrected chi connectivity index (χ0v) is 16.2. The lowest BCUT2D eigenvalue weighted by Gasteiger charge is -2.10. The highest BCUT2D eigenvalue weighted by atomic mass is 32.2. The average molecular weight is 374 g/mol. The second kappa shape index (κ2) is 7.01. The molecule has 1 N–H and O–H groups in total. The molecule has 0 aliphatic carbocycles. The van der Waals surface area contributed by atoms with E-state index in [1.54, 1.807) is 7.05 Å². The molecule has 0 spiro atoms. The van der Waals surface area contributed by atoms with Crippen molar-refractivity contribution in [2.45, 2.75) is 25.9 Å². The number of hydrogen-bond acceptors (Lipinski definition) is 5. The topological polar surface area (TPSA) is 64.0 Å². The van der Waals surface area contributed by atoms with Gasteiger partial charge in [0.2, 0.25) is 5.91 Å². The number of amides is 1. The maximum Gasteiger partial charge on any atom is 0.262 e. The van der Waals surface area contributed by atoms with Crippen LogP contribution in [0.25, 0.3) is 10.2 Å². The smallest absolute Gasteiger partial charge is 0.262 e. The Bertz CT molecular complexity index is 1020. The zero-order chi connectivity index (χ0) is 18.1. The molecule has 1 amide bonds. The standard InChI is InChI=1S/C18H19N3O2S2/c1-10-5-6-14(11(2)7-10)19-15(22)9-24-18-20-16-13(8-12(3)25-16)17(23)21(18)4/h5-8H,9H2,1-4H3,(H,19,22). The van der Waals surface area contributed by atoms with Crippen molar-refractivity contribution in [1.29, 1.82) is 0 Å². The fraction of sp³-hybridized carbons (Fsp3) is 0.278. The number of carbonyl (C=O) groups is 1. The molecule has 5 nitrogen and oxygen atoms in total. The van der Waals surface area contributed by atoms with Crippen LogP contribution in [0.2, 0.25) is 0 Å². The largest absolute Gasteiger partial charge is 0.325 e. The van der Waals surface area contributed by atoms with Gasteiger partial charge >= 0.3 is 0 Å². The Morgan fingerprint density at radius 2 is 2.04 bits per heavy atom. The first-order valence-corrected chi connectivity index (χ1v) is 9.62. The first-order valence-electron chi connectivity index (χ1n) is 7.82. The minimum atomic E-state index is -0.117. The van der Waals surface area contributed by atoms with Gasteiger partial charge in [-0.05, 0) is 38.5 Å². The van der Waals surface area contributed by atoms with E-state index in [2.05, 4.69) is 10.3 Å². The number of thiophene rings is 1. The van der Waals surface area contributed by atoms with Gasteiger partial charge in [-0.25, -0.2) is 4.98 Å². The van der Waals surface area contributed by atoms with Crippen molar-refractivity contribution in [2.24, 2.45) is 7.05 Å². The lowest BCUT2D eigenvalue weighted by Crippen LogP contribution is -2.21. The number of carbonyl (C=O) groups excluding carboxylic acids is 1. The predicted octanol–water partition coefficient (Wildman–Crippen LogP) is 3.65. The Morgan fingerprint density at radius 1 is 1.28 bits per heavy atom. The van der Waals surface area contributed by atoms with Gasteiger partial charge in [-0.1, -0.05) is 29.5 Å². The van der Waals surface area contributed by atoms with Crippen molar-refractivity contribution < 1.29 is 4.79 Å². The molecule has 0 radical (unpaired) electrons. The molecule has 2 aromatic heterocycles. The van der Waals surface area contributed by atoms with Crippen molar-refractivity contribution >= 4 is 44.9 Å². The Hall–Kier alpha value is -2.12. The molecule has 0 bridgehead atoms. The lowest BCUT2D eigenvalue weighted by molar-refractivity contribution is -0.113. The van der Waals surface area contributed by atoms with E-state index in [9.17, 15) is 9.59 Å². The Labute approximate surface area is 154 Å². The summed E-state index contributed by atoms with van der Waals surface area (Å²) >= 11 is 2.76. The highest BCUT2D eigenvalue weighted by molar-refractivity contribution is 7.99. The third kappa shape index (κ3) is 3.77. The monoisotopic (exact) mass is 373 g/mol. The molecule has 0 saturated heterocycles. The van der Waals surface area contributed by atoms with E-state index >= 15 is 0 Å². The van der Waals surface area contributed by atoms with Gasteiger partial charge in [-0.15, -0.1) is 11.3 Å². The van der Waals surface area contributed by atoms with Crippen LogP contribution in [0.4, 0.5) is 5.69 Å². The summed E-state index contributed by atoms with van der Waals surface area (Å²) in [5.74, 6) is 0.0809. The van der Waals surface area contributed by atoms with Crippen LogP contribution in [-0.2, 0) is 11.8 Å². The van der Waals surface area contributed by atoms with Crippen LogP contribution in [0.5, 0.6) is 0 Å². The van der Waals surface area contributed by atoms with Gasteiger partial charge < -0.3 is 5.32 Å². The third-order valence-electron chi connectivity index (χ3n) is 3.84. The number of nitrogens with zero attached hydrogens (tertiary/aromatic N) is 2. The Balaban J connectivity index is 1.75. The number of fused-ring (bicyclic) bond motifs is 1. The quantitative estimate of drug-likeness (QED) is 0.560. The predicted molar refractivity (Wildman–Crippen MR) is 105 cm³/mol. The minimum absolute atomic E-state index is 0.0772. The van der Waals surface area contributed by atoms with E-state index in [4.69, 9.17) is 0 Å². The van der Waals surface area contributed by atoms with Gasteiger partial charge in [0.05, 0.1) is 11.1 Å². The molecular weight excluding hydrogens is 354 g/mol. The summed E-state index contributed by atoms with van der Waals surface area (Å²) in [6, 6.07) is 7.76. The summed E-state index contributed by atoms with van der Waals surface area (Å²) in [5, 5.41) is 4.10. The van der Waals surface area contributed by atoms with Gasteiger partial charge in [0.1, 0.15) is 4.83 Å². The van der Waals surface area contributed by atoms with Crippen molar-refractivity contribution in [3.63, 3.8) is 0 Å². The second-order valence-corrected chi connectivity index (χ2v) is 8.17. The SMILES string of the molecule is Cc1ccc(NC(=O)CSc2nc3sc(C)cc3c(=O)n2C)c(C)c1. The van der Waals surface area contributed by atoms with Crippen LogP contribution in [-0.4, -0.2) is 21.2 Å². The molecular formula is C18H19N3O2S2. The molecule has 25 heavy (non-hydrogen) atoms. The van der Waals surface area contributed by atoms with Gasteiger partial charge in [-0.3, -0.25) is 14.2 Å². The van der Waals surface area contributed by atoms with Crippen molar-refractivity contribution in [3.05, 3.63) is 50.6 Å². The van der Waals surface area contributed by atoms with E-state index in [0.717, 1.165) is 26.5 Å². The molecule has 0 fully saturated rings. The zero-order valence-electron chi connectivity index (χ0n) is 14.5. The Kier molecular flexibility index (Phi) is 4.96. The van der Waals surface area contributed by atoms with Crippen molar-refractivity contribution in [3.8, 4) is 0 Å². The van der Waals surface area contributed by atoms with Crippen LogP contribution in [0, 0.1) is 20.8 Å². The number of nitrogens with one attached hydrogen (secondary N) is 1. The summed E-state index contributed by atoms with van der Waals surface area (Å²) in [5.41, 5.74) is 2.91. The van der Waals surface area contributed by atoms with Gasteiger partial charge in [0.25, 0.3) is 5.56 Å². The number of aromatic nitrogens is 2. The van der Waals surface area contributed by atoms with Crippen molar-refractivity contribution in [1.82, 2.24) is 9.55 Å². The van der Waals surface area contributed by atoms with Crippen LogP contribution < -0.4 is 10.9 Å². The van der Waals surface area contributed by atoms with E-state index < -0.39 is 0 Å². The summed E-state index contributed by atoms with van der Waals surface area (Å²) in [6.07, 6.45) is 0. The van der Waals surface area contributed by atoms with Crippen LogP contribution in [0.3, 0.4) is 0 Å². The first-order chi connectivity index (χ1) is 11.8. The maximum atomic E-state index is 12.4. The van der Waals surface area contributed by atoms with E-state index in [1.165, 1.54) is 27.7 Å². The van der Waals surface area contributed by atoms with Gasteiger partial charge in [-0.2, -0.15) is 0 Å². The van der Waals surface area contributed by atoms with E-state index in [1.807, 2.05) is 45.0 Å². The fourth-order valence-corrected chi connectivity index (χ4v) is 4.26. The average Bonchev–Trinajstić information content (AvgIpc) is 2.93. The van der Waals surface area contributed by atoms with E-state index in [0.29, 0.717) is 10.5 Å². The van der Waals surface area contributed by atoms with E-state index in [-0.39, 0.29) is 17.2 Å². The molecule has 0 unspecified atom stereocenters. The molecule has 3 rings (SSSR count). The highest BCUT2D eigenvalue weighted by Gasteiger charge is 2.13. The lowest BCUT2D eigenvalue weighted by atomic mass is 10.1. The minimum Gasteiger partial charge on any atom is -0.325 e. The first kappa shape index (κ1) is 17.7. The molecule has 0 aliphatic rings.